The summed E-state index contributed by atoms with van der Waals surface area (Å²) in [7, 11) is 1.80. The number of halogens is 1. The van der Waals surface area contributed by atoms with Gasteiger partial charge in [0.05, 0.1) is 6.54 Å². The number of rotatable bonds is 4. The molecule has 0 fully saturated rings. The molecule has 6 heteroatoms. The van der Waals surface area contributed by atoms with Crippen LogP contribution in [0.3, 0.4) is 0 Å². The Morgan fingerprint density at radius 2 is 2.00 bits per heavy atom. The van der Waals surface area contributed by atoms with E-state index in [2.05, 4.69) is 10.2 Å². The molecule has 0 spiro atoms. The molecule has 3 aromatic rings. The van der Waals surface area contributed by atoms with Gasteiger partial charge < -0.3 is 9.47 Å². The maximum atomic E-state index is 15.5. The third kappa shape index (κ3) is 3.01. The van der Waals surface area contributed by atoms with Gasteiger partial charge in [0, 0.05) is 24.7 Å². The van der Waals surface area contributed by atoms with Crippen molar-refractivity contribution in [3.8, 4) is 0 Å². The summed E-state index contributed by atoms with van der Waals surface area (Å²) in [6.45, 7) is 4.05. The lowest BCUT2D eigenvalue weighted by Crippen LogP contribution is -2.25. The number of alkyl halides is 1. The highest BCUT2D eigenvalue weighted by atomic mass is 19.1. The van der Waals surface area contributed by atoms with Gasteiger partial charge in [0.15, 0.2) is 0 Å². The number of amides is 1. The van der Waals surface area contributed by atoms with Gasteiger partial charge in [0.25, 0.3) is 5.91 Å². The Morgan fingerprint density at radius 1 is 1.22 bits per heavy atom. The van der Waals surface area contributed by atoms with Crippen LogP contribution < -0.4 is 4.90 Å². The van der Waals surface area contributed by atoms with Crippen LogP contribution in [-0.4, -0.2) is 20.7 Å². The van der Waals surface area contributed by atoms with E-state index in [4.69, 9.17) is 0 Å². The summed E-state index contributed by atoms with van der Waals surface area (Å²) in [5.41, 5.74) is 2.45. The standard InChI is InChI=1S/C21H21FN4O/c1-14-6-4-9-17-18(14)12-26(20(17)27)16-8-5-7-15(10-16)21(2,22)11-19-24-23-13-25(19)3/h4-10,13H,11-12H2,1-3H3/t21-/m0/s1. The van der Waals surface area contributed by atoms with E-state index in [0.717, 1.165) is 16.7 Å². The second-order valence-corrected chi connectivity index (χ2v) is 7.27. The number of benzene rings is 2. The predicted octanol–water partition coefficient (Wildman–Crippen LogP) is 3.71. The van der Waals surface area contributed by atoms with Crippen molar-refractivity contribution in [3.63, 3.8) is 0 Å². The van der Waals surface area contributed by atoms with Crippen LogP contribution in [0, 0.1) is 6.92 Å². The van der Waals surface area contributed by atoms with Crippen molar-refractivity contribution in [1.29, 1.82) is 0 Å². The number of aromatic nitrogens is 3. The van der Waals surface area contributed by atoms with Crippen LogP contribution in [0.1, 0.15) is 39.8 Å². The van der Waals surface area contributed by atoms with E-state index in [9.17, 15) is 4.79 Å². The molecular formula is C21H21FN4O. The highest BCUT2D eigenvalue weighted by Crippen LogP contribution is 2.35. The molecule has 4 rings (SSSR count). The molecule has 1 aliphatic rings. The molecule has 0 unspecified atom stereocenters. The van der Waals surface area contributed by atoms with Gasteiger partial charge in [-0.3, -0.25) is 4.79 Å². The van der Waals surface area contributed by atoms with E-state index in [0.29, 0.717) is 23.6 Å². The topological polar surface area (TPSA) is 51.0 Å². The Balaban J connectivity index is 1.65. The van der Waals surface area contributed by atoms with Gasteiger partial charge in [-0.1, -0.05) is 24.3 Å². The summed E-state index contributed by atoms with van der Waals surface area (Å²) in [5, 5.41) is 7.80. The summed E-state index contributed by atoms with van der Waals surface area (Å²) >= 11 is 0. The molecule has 0 bridgehead atoms. The van der Waals surface area contributed by atoms with E-state index in [1.54, 1.807) is 41.0 Å². The SMILES string of the molecule is Cc1cccc2c1CN(c1cccc([C@@](C)(F)Cc3nncn3C)c1)C2=O. The Hall–Kier alpha value is -3.02. The summed E-state index contributed by atoms with van der Waals surface area (Å²) in [4.78, 5) is 14.5. The van der Waals surface area contributed by atoms with Gasteiger partial charge in [-0.2, -0.15) is 0 Å². The fourth-order valence-corrected chi connectivity index (χ4v) is 3.56. The maximum absolute atomic E-state index is 15.5. The average molecular weight is 364 g/mol. The summed E-state index contributed by atoms with van der Waals surface area (Å²) in [5.74, 6) is 0.533. The first-order valence-electron chi connectivity index (χ1n) is 8.89. The molecule has 5 nitrogen and oxygen atoms in total. The molecule has 1 amide bonds. The lowest BCUT2D eigenvalue weighted by atomic mass is 9.93. The quantitative estimate of drug-likeness (QED) is 0.709. The molecule has 1 atom stereocenters. The van der Waals surface area contributed by atoms with Crippen LogP contribution in [0.2, 0.25) is 0 Å². The Bertz CT molecular complexity index is 1020. The Morgan fingerprint density at radius 3 is 2.70 bits per heavy atom. The Labute approximate surface area is 157 Å². The molecule has 0 radical (unpaired) electrons. The molecule has 2 heterocycles. The van der Waals surface area contributed by atoms with Gasteiger partial charge in [-0.15, -0.1) is 10.2 Å². The first-order valence-corrected chi connectivity index (χ1v) is 8.89. The predicted molar refractivity (Wildman–Crippen MR) is 101 cm³/mol. The van der Waals surface area contributed by atoms with Gasteiger partial charge >= 0.3 is 0 Å². The van der Waals surface area contributed by atoms with E-state index in [1.165, 1.54) is 6.92 Å². The average Bonchev–Trinajstić information content (AvgIpc) is 3.19. The fourth-order valence-electron chi connectivity index (χ4n) is 3.56. The largest absolute Gasteiger partial charge is 0.321 e. The van der Waals surface area contributed by atoms with Crippen LogP contribution in [0.4, 0.5) is 10.1 Å². The first kappa shape index (κ1) is 17.4. The van der Waals surface area contributed by atoms with E-state index in [1.807, 2.05) is 31.2 Å². The van der Waals surface area contributed by atoms with Crippen molar-refractivity contribution >= 4 is 11.6 Å². The van der Waals surface area contributed by atoms with Crippen molar-refractivity contribution in [2.45, 2.75) is 32.5 Å². The van der Waals surface area contributed by atoms with Gasteiger partial charge in [0.2, 0.25) is 0 Å². The van der Waals surface area contributed by atoms with Gasteiger partial charge in [-0.25, -0.2) is 4.39 Å². The molecule has 1 aliphatic heterocycles. The molecule has 1 aromatic heterocycles. The third-order valence-corrected chi connectivity index (χ3v) is 5.26. The molecule has 0 saturated heterocycles. The lowest BCUT2D eigenvalue weighted by molar-refractivity contribution is 0.0996. The van der Waals surface area contributed by atoms with Crippen LogP contribution in [-0.2, 0) is 25.7 Å². The molecule has 0 saturated carbocycles. The van der Waals surface area contributed by atoms with Crippen molar-refractivity contribution < 1.29 is 9.18 Å². The molecular weight excluding hydrogens is 343 g/mol. The minimum atomic E-state index is -1.62. The second kappa shape index (κ2) is 6.30. The van der Waals surface area contributed by atoms with E-state index >= 15 is 4.39 Å². The van der Waals surface area contributed by atoms with Crippen molar-refractivity contribution in [2.75, 3.05) is 4.90 Å². The minimum absolute atomic E-state index is 0.0419. The van der Waals surface area contributed by atoms with Gasteiger partial charge in [-0.05, 0) is 48.7 Å². The normalized spacial score (nSPS) is 15.7. The van der Waals surface area contributed by atoms with Crippen LogP contribution in [0.5, 0.6) is 0 Å². The number of anilines is 1. The third-order valence-electron chi connectivity index (χ3n) is 5.26. The number of aryl methyl sites for hydroxylation is 2. The number of fused-ring (bicyclic) bond motifs is 1. The molecule has 2 aromatic carbocycles. The van der Waals surface area contributed by atoms with E-state index < -0.39 is 5.67 Å². The summed E-state index contributed by atoms with van der Waals surface area (Å²) in [6.07, 6.45) is 1.67. The zero-order valence-electron chi connectivity index (χ0n) is 15.6. The molecule has 27 heavy (non-hydrogen) atoms. The molecule has 0 N–H and O–H groups in total. The minimum Gasteiger partial charge on any atom is -0.321 e. The molecule has 0 aliphatic carbocycles. The zero-order valence-corrected chi connectivity index (χ0v) is 15.6. The van der Waals surface area contributed by atoms with Crippen LogP contribution >= 0.6 is 0 Å². The second-order valence-electron chi connectivity index (χ2n) is 7.27. The van der Waals surface area contributed by atoms with E-state index in [-0.39, 0.29) is 12.3 Å². The number of hydrogen-bond donors (Lipinski definition) is 0. The number of nitrogens with zero attached hydrogens (tertiary/aromatic N) is 4. The number of hydrogen-bond acceptors (Lipinski definition) is 3. The lowest BCUT2D eigenvalue weighted by Gasteiger charge is -2.23. The van der Waals surface area contributed by atoms with Crippen molar-refractivity contribution in [1.82, 2.24) is 14.8 Å². The number of carbonyl (C=O) groups excluding carboxylic acids is 1. The van der Waals surface area contributed by atoms with Crippen LogP contribution in [0.25, 0.3) is 0 Å². The monoisotopic (exact) mass is 364 g/mol. The fraction of sp³-hybridized carbons (Fsp3) is 0.286. The van der Waals surface area contributed by atoms with Crippen molar-refractivity contribution in [2.24, 2.45) is 7.05 Å². The highest BCUT2D eigenvalue weighted by Gasteiger charge is 2.32. The smallest absolute Gasteiger partial charge is 0.258 e. The van der Waals surface area contributed by atoms with Crippen molar-refractivity contribution in [3.05, 3.63) is 76.9 Å². The first-order chi connectivity index (χ1) is 12.9. The Kier molecular flexibility index (Phi) is 4.06. The van der Waals surface area contributed by atoms with Crippen LogP contribution in [0.15, 0.2) is 48.8 Å². The maximum Gasteiger partial charge on any atom is 0.258 e. The highest BCUT2D eigenvalue weighted by molar-refractivity contribution is 6.10. The zero-order chi connectivity index (χ0) is 19.2. The van der Waals surface area contributed by atoms with Gasteiger partial charge in [0.1, 0.15) is 17.8 Å². The summed E-state index contributed by atoms with van der Waals surface area (Å²) in [6, 6.07) is 12.9. The number of carbonyl (C=O) groups is 1. The molecule has 138 valence electrons. The summed E-state index contributed by atoms with van der Waals surface area (Å²) < 4.78 is 17.2.